The second kappa shape index (κ2) is 4.88. The molecular weight excluding hydrogens is 233 g/mol. The van der Waals surface area contributed by atoms with Gasteiger partial charge in [-0.3, -0.25) is 4.90 Å². The van der Waals surface area contributed by atoms with Crippen LogP contribution < -0.4 is 0 Å². The zero-order valence-electron chi connectivity index (χ0n) is 5.52. The zero-order chi connectivity index (χ0) is 6.57. The molecule has 0 spiro atoms. The lowest BCUT2D eigenvalue weighted by molar-refractivity contribution is 0.348. The van der Waals surface area contributed by atoms with Crippen molar-refractivity contribution >= 4 is 30.1 Å². The van der Waals surface area contributed by atoms with Crippen molar-refractivity contribution in [2.45, 2.75) is 19.2 Å². The molecule has 1 unspecified atom stereocenters. The first-order chi connectivity index (χ1) is 3.72. The Morgan fingerprint density at radius 2 is 2.25 bits per heavy atom. The van der Waals surface area contributed by atoms with E-state index in [1.165, 1.54) is 0 Å². The molecule has 0 N–H and O–H groups in total. The highest BCUT2D eigenvalue weighted by Gasteiger charge is 2.03. The summed E-state index contributed by atoms with van der Waals surface area (Å²) in [6, 6.07) is 0. The standard InChI is InChI=1S/C5H12INS/c1-4-7(3)5(2)8-6/h5H,4H2,1-3H3. The molecule has 0 aromatic heterocycles. The summed E-state index contributed by atoms with van der Waals surface area (Å²) in [4.78, 5) is 2.30. The Balaban J connectivity index is 3.29. The molecule has 0 rings (SSSR count). The topological polar surface area (TPSA) is 3.24 Å². The van der Waals surface area contributed by atoms with E-state index in [1.807, 2.05) is 8.93 Å². The predicted molar refractivity (Wildman–Crippen MR) is 49.4 cm³/mol. The summed E-state index contributed by atoms with van der Waals surface area (Å²) in [6.45, 7) is 5.52. The molecule has 0 bridgehead atoms. The average Bonchev–Trinajstić information content (AvgIpc) is 1.84. The van der Waals surface area contributed by atoms with Gasteiger partial charge in [-0.05, 0) is 41.7 Å². The van der Waals surface area contributed by atoms with Gasteiger partial charge in [0.05, 0.1) is 5.37 Å². The van der Waals surface area contributed by atoms with E-state index in [0.717, 1.165) is 6.54 Å². The van der Waals surface area contributed by atoms with Crippen molar-refractivity contribution in [1.29, 1.82) is 0 Å². The first-order valence-corrected chi connectivity index (χ1v) is 6.12. The van der Waals surface area contributed by atoms with Crippen LogP contribution in [-0.2, 0) is 0 Å². The third-order valence-corrected chi connectivity index (χ3v) is 4.07. The van der Waals surface area contributed by atoms with Crippen molar-refractivity contribution in [3.63, 3.8) is 0 Å². The van der Waals surface area contributed by atoms with E-state index in [9.17, 15) is 0 Å². The van der Waals surface area contributed by atoms with Crippen LogP contribution in [0.2, 0.25) is 0 Å². The summed E-state index contributed by atoms with van der Waals surface area (Å²) in [5.41, 5.74) is 0. The third kappa shape index (κ3) is 3.14. The maximum atomic E-state index is 2.33. The quantitative estimate of drug-likeness (QED) is 0.554. The van der Waals surface area contributed by atoms with Gasteiger partial charge in [-0.15, -0.1) is 0 Å². The summed E-state index contributed by atoms with van der Waals surface area (Å²) in [5, 5.41) is 0.653. The van der Waals surface area contributed by atoms with Crippen LogP contribution in [0.15, 0.2) is 0 Å². The van der Waals surface area contributed by atoms with E-state index in [1.54, 1.807) is 0 Å². The van der Waals surface area contributed by atoms with Crippen molar-refractivity contribution in [3.05, 3.63) is 0 Å². The first kappa shape index (κ1) is 9.04. The van der Waals surface area contributed by atoms with Gasteiger partial charge < -0.3 is 0 Å². The number of hydrogen-bond donors (Lipinski definition) is 0. The molecule has 1 nitrogen and oxygen atoms in total. The Labute approximate surface area is 67.8 Å². The van der Waals surface area contributed by atoms with E-state index >= 15 is 0 Å². The van der Waals surface area contributed by atoms with Gasteiger partial charge in [-0.1, -0.05) is 15.9 Å². The molecule has 0 aromatic rings. The average molecular weight is 245 g/mol. The van der Waals surface area contributed by atoms with Gasteiger partial charge in [0.2, 0.25) is 0 Å². The number of nitrogens with zero attached hydrogens (tertiary/aromatic N) is 1. The van der Waals surface area contributed by atoms with Gasteiger partial charge in [0, 0.05) is 0 Å². The van der Waals surface area contributed by atoms with Crippen LogP contribution in [0, 0.1) is 0 Å². The summed E-state index contributed by atoms with van der Waals surface area (Å²) < 4.78 is 0. The van der Waals surface area contributed by atoms with Crippen molar-refractivity contribution in [2.24, 2.45) is 0 Å². The van der Waals surface area contributed by atoms with Crippen molar-refractivity contribution in [1.82, 2.24) is 4.90 Å². The predicted octanol–water partition coefficient (Wildman–Crippen LogP) is 2.37. The first-order valence-electron chi connectivity index (χ1n) is 2.70. The lowest BCUT2D eigenvalue weighted by atomic mass is 10.6. The Bertz CT molecular complexity index is 52.4. The minimum atomic E-state index is 0.653. The minimum absolute atomic E-state index is 0.653. The fourth-order valence-electron chi connectivity index (χ4n) is 0.325. The molecule has 0 aromatic carbocycles. The van der Waals surface area contributed by atoms with Gasteiger partial charge >= 0.3 is 0 Å². The molecule has 1 atom stereocenters. The Morgan fingerprint density at radius 3 is 2.38 bits per heavy atom. The maximum Gasteiger partial charge on any atom is 0.0627 e. The summed E-state index contributed by atoms with van der Waals surface area (Å²) in [5.74, 6) is 0. The van der Waals surface area contributed by atoms with Crippen molar-refractivity contribution < 1.29 is 0 Å². The molecule has 0 fully saturated rings. The lowest BCUT2D eigenvalue weighted by Crippen LogP contribution is -2.24. The second-order valence-corrected chi connectivity index (χ2v) is 4.15. The van der Waals surface area contributed by atoms with Crippen LogP contribution in [0.4, 0.5) is 0 Å². The van der Waals surface area contributed by atoms with Gasteiger partial charge in [0.25, 0.3) is 0 Å². The molecule has 50 valence electrons. The molecule has 0 saturated heterocycles. The van der Waals surface area contributed by atoms with E-state index in [2.05, 4.69) is 47.0 Å². The monoisotopic (exact) mass is 245 g/mol. The van der Waals surface area contributed by atoms with Crippen LogP contribution in [0.25, 0.3) is 0 Å². The van der Waals surface area contributed by atoms with E-state index < -0.39 is 0 Å². The van der Waals surface area contributed by atoms with Crippen LogP contribution in [0.3, 0.4) is 0 Å². The SMILES string of the molecule is CCN(C)C(C)SI. The highest BCUT2D eigenvalue weighted by atomic mass is 127. The summed E-state index contributed by atoms with van der Waals surface area (Å²) >= 11 is 2.33. The molecule has 0 amide bonds. The highest BCUT2D eigenvalue weighted by Crippen LogP contribution is 2.20. The lowest BCUT2D eigenvalue weighted by Gasteiger charge is -2.18. The maximum absolute atomic E-state index is 2.33. The van der Waals surface area contributed by atoms with Crippen molar-refractivity contribution in [3.8, 4) is 0 Å². The molecule has 0 heterocycles. The Morgan fingerprint density at radius 1 is 1.75 bits per heavy atom. The highest BCUT2D eigenvalue weighted by molar-refractivity contribution is 14.2. The fraction of sp³-hybridized carbons (Fsp3) is 1.00. The van der Waals surface area contributed by atoms with Crippen LogP contribution in [0.5, 0.6) is 0 Å². The van der Waals surface area contributed by atoms with Crippen LogP contribution in [-0.4, -0.2) is 23.9 Å². The number of rotatable bonds is 3. The molecule has 0 saturated carbocycles. The molecular formula is C5H12INS. The zero-order valence-corrected chi connectivity index (χ0v) is 8.49. The van der Waals surface area contributed by atoms with E-state index in [0.29, 0.717) is 5.37 Å². The smallest absolute Gasteiger partial charge is 0.0627 e. The van der Waals surface area contributed by atoms with Crippen LogP contribution in [0.1, 0.15) is 13.8 Å². The Kier molecular flexibility index (Phi) is 5.51. The van der Waals surface area contributed by atoms with Gasteiger partial charge in [-0.25, -0.2) is 0 Å². The normalized spacial score (nSPS) is 14.6. The molecule has 0 radical (unpaired) electrons. The summed E-state index contributed by atoms with van der Waals surface area (Å²) in [6.07, 6.45) is 0. The minimum Gasteiger partial charge on any atom is -0.294 e. The van der Waals surface area contributed by atoms with E-state index in [-0.39, 0.29) is 0 Å². The molecule has 0 aliphatic heterocycles. The molecule has 8 heavy (non-hydrogen) atoms. The largest absolute Gasteiger partial charge is 0.294 e. The van der Waals surface area contributed by atoms with E-state index in [4.69, 9.17) is 0 Å². The van der Waals surface area contributed by atoms with Crippen molar-refractivity contribution in [2.75, 3.05) is 13.6 Å². The van der Waals surface area contributed by atoms with Gasteiger partial charge in [0.1, 0.15) is 0 Å². The van der Waals surface area contributed by atoms with Gasteiger partial charge in [-0.2, -0.15) is 0 Å². The third-order valence-electron chi connectivity index (χ3n) is 1.25. The molecule has 3 heteroatoms. The second-order valence-electron chi connectivity index (χ2n) is 1.76. The van der Waals surface area contributed by atoms with Gasteiger partial charge in [0.15, 0.2) is 0 Å². The summed E-state index contributed by atoms with van der Waals surface area (Å²) in [7, 11) is 3.99. The Hall–Kier alpha value is 1.04. The van der Waals surface area contributed by atoms with Crippen LogP contribution >= 0.6 is 30.1 Å². The molecule has 0 aliphatic carbocycles. The fourth-order valence-corrected chi connectivity index (χ4v) is 1.77. The number of hydrogen-bond acceptors (Lipinski definition) is 2. The molecule has 0 aliphatic rings. The number of halogens is 1.